The Kier molecular flexibility index (Phi) is 2.87. The number of hydrogen-bond acceptors (Lipinski definition) is 3. The molecule has 1 aromatic heterocycles. The summed E-state index contributed by atoms with van der Waals surface area (Å²) >= 11 is 0. The number of unbranched alkanes of at least 4 members (excludes halogenated alkanes) is 1. The van der Waals surface area contributed by atoms with E-state index in [1.807, 2.05) is 18.2 Å². The van der Waals surface area contributed by atoms with E-state index in [9.17, 15) is 0 Å². The summed E-state index contributed by atoms with van der Waals surface area (Å²) in [4.78, 5) is 7.64. The van der Waals surface area contributed by atoms with Gasteiger partial charge in [0.15, 0.2) is 0 Å². The number of rotatable bonds is 4. The number of benzene rings is 1. The fourth-order valence-corrected chi connectivity index (χ4v) is 1.63. The second-order valence-corrected chi connectivity index (χ2v) is 3.61. The molecule has 0 aliphatic heterocycles. The van der Waals surface area contributed by atoms with E-state index in [2.05, 4.69) is 9.97 Å². The molecule has 0 bridgehead atoms. The zero-order chi connectivity index (χ0) is 10.7. The monoisotopic (exact) mass is 205 g/mol. The van der Waals surface area contributed by atoms with Gasteiger partial charge in [0.25, 0.3) is 0 Å². The minimum Gasteiger partial charge on any atom is -0.397 e. The van der Waals surface area contributed by atoms with Gasteiger partial charge < -0.3 is 15.8 Å². The third-order valence-corrected chi connectivity index (χ3v) is 2.41. The molecule has 0 amide bonds. The van der Waals surface area contributed by atoms with E-state index >= 15 is 0 Å². The van der Waals surface area contributed by atoms with E-state index in [0.717, 1.165) is 36.1 Å². The van der Waals surface area contributed by atoms with Gasteiger partial charge in [-0.2, -0.15) is 0 Å². The molecular weight excluding hydrogens is 190 g/mol. The van der Waals surface area contributed by atoms with Crippen molar-refractivity contribution in [3.05, 3.63) is 24.0 Å². The van der Waals surface area contributed by atoms with Crippen LogP contribution < -0.4 is 5.73 Å². The zero-order valence-electron chi connectivity index (χ0n) is 8.53. The van der Waals surface area contributed by atoms with Gasteiger partial charge in [-0.05, 0) is 25.0 Å². The average molecular weight is 205 g/mol. The molecule has 4 nitrogen and oxygen atoms in total. The topological polar surface area (TPSA) is 74.9 Å². The van der Waals surface area contributed by atoms with Crippen molar-refractivity contribution < 1.29 is 5.11 Å². The van der Waals surface area contributed by atoms with Crippen LogP contribution in [0.4, 0.5) is 5.69 Å². The zero-order valence-corrected chi connectivity index (χ0v) is 8.53. The standard InChI is InChI=1S/C11H15N3O/c12-8-4-3-5-9-11(8)14-10(13-9)6-1-2-7-15/h3-5,15H,1-2,6-7,12H2,(H,13,14). The molecule has 15 heavy (non-hydrogen) atoms. The normalized spacial score (nSPS) is 11.0. The first kappa shape index (κ1) is 9.98. The van der Waals surface area contributed by atoms with E-state index in [4.69, 9.17) is 10.8 Å². The van der Waals surface area contributed by atoms with Crippen LogP contribution in [0.5, 0.6) is 0 Å². The molecule has 0 saturated carbocycles. The minimum absolute atomic E-state index is 0.238. The number of aromatic amines is 1. The second kappa shape index (κ2) is 4.31. The number of aromatic nitrogens is 2. The van der Waals surface area contributed by atoms with Gasteiger partial charge >= 0.3 is 0 Å². The summed E-state index contributed by atoms with van der Waals surface area (Å²) in [7, 11) is 0. The van der Waals surface area contributed by atoms with Gasteiger partial charge in [-0.3, -0.25) is 0 Å². The van der Waals surface area contributed by atoms with Crippen molar-refractivity contribution in [3.8, 4) is 0 Å². The lowest BCUT2D eigenvalue weighted by Gasteiger charge is -1.93. The second-order valence-electron chi connectivity index (χ2n) is 3.61. The van der Waals surface area contributed by atoms with Crippen molar-refractivity contribution in [2.24, 2.45) is 0 Å². The number of imidazole rings is 1. The summed E-state index contributed by atoms with van der Waals surface area (Å²) in [6, 6.07) is 5.72. The summed E-state index contributed by atoms with van der Waals surface area (Å²) in [5.74, 6) is 0.941. The van der Waals surface area contributed by atoms with Gasteiger partial charge in [0.2, 0.25) is 0 Å². The van der Waals surface area contributed by atoms with E-state index in [0.29, 0.717) is 5.69 Å². The fraction of sp³-hybridized carbons (Fsp3) is 0.364. The van der Waals surface area contributed by atoms with Gasteiger partial charge in [-0.25, -0.2) is 4.98 Å². The quantitative estimate of drug-likeness (QED) is 0.522. The molecule has 2 aromatic rings. The molecule has 4 heteroatoms. The van der Waals surface area contributed by atoms with Crippen LogP contribution in [-0.2, 0) is 6.42 Å². The number of para-hydroxylation sites is 1. The van der Waals surface area contributed by atoms with Crippen molar-refractivity contribution in [1.29, 1.82) is 0 Å². The number of aryl methyl sites for hydroxylation is 1. The molecule has 0 aliphatic rings. The summed E-state index contributed by atoms with van der Waals surface area (Å²) in [6.45, 7) is 0.238. The highest BCUT2D eigenvalue weighted by atomic mass is 16.2. The third-order valence-electron chi connectivity index (χ3n) is 2.41. The van der Waals surface area contributed by atoms with Crippen LogP contribution in [0.2, 0.25) is 0 Å². The molecule has 1 aromatic carbocycles. The summed E-state index contributed by atoms with van der Waals surface area (Å²) in [5.41, 5.74) is 8.33. The Morgan fingerprint density at radius 3 is 2.93 bits per heavy atom. The maximum atomic E-state index is 8.68. The number of nitrogens with zero attached hydrogens (tertiary/aromatic N) is 1. The Balaban J connectivity index is 2.20. The van der Waals surface area contributed by atoms with Gasteiger partial charge in [0.05, 0.1) is 11.2 Å². The molecule has 0 saturated heterocycles. The fourth-order valence-electron chi connectivity index (χ4n) is 1.63. The Labute approximate surface area is 88.1 Å². The molecule has 0 fully saturated rings. The van der Waals surface area contributed by atoms with Gasteiger partial charge in [0, 0.05) is 13.0 Å². The van der Waals surface area contributed by atoms with Crippen molar-refractivity contribution >= 4 is 16.7 Å². The largest absolute Gasteiger partial charge is 0.397 e. The van der Waals surface area contributed by atoms with Crippen molar-refractivity contribution in [1.82, 2.24) is 9.97 Å². The predicted octanol–water partition coefficient (Wildman–Crippen LogP) is 1.46. The number of anilines is 1. The molecule has 4 N–H and O–H groups in total. The average Bonchev–Trinajstić information content (AvgIpc) is 2.63. The molecule has 80 valence electrons. The van der Waals surface area contributed by atoms with E-state index in [1.165, 1.54) is 0 Å². The van der Waals surface area contributed by atoms with Crippen LogP contribution in [0.15, 0.2) is 18.2 Å². The molecule has 0 spiro atoms. The molecule has 0 atom stereocenters. The predicted molar refractivity (Wildman–Crippen MR) is 60.5 cm³/mol. The first-order chi connectivity index (χ1) is 7.31. The molecule has 0 radical (unpaired) electrons. The van der Waals surface area contributed by atoms with Crippen LogP contribution in [-0.4, -0.2) is 21.7 Å². The van der Waals surface area contributed by atoms with Gasteiger partial charge in [-0.1, -0.05) is 6.07 Å². The Morgan fingerprint density at radius 2 is 2.20 bits per heavy atom. The highest BCUT2D eigenvalue weighted by molar-refractivity contribution is 5.86. The smallest absolute Gasteiger partial charge is 0.111 e. The number of nitrogens with two attached hydrogens (primary N) is 1. The number of fused-ring (bicyclic) bond motifs is 1. The van der Waals surface area contributed by atoms with E-state index in [-0.39, 0.29) is 6.61 Å². The number of H-pyrrole nitrogens is 1. The summed E-state index contributed by atoms with van der Waals surface area (Å²) in [6.07, 6.45) is 2.61. The number of hydrogen-bond donors (Lipinski definition) is 3. The minimum atomic E-state index is 0.238. The summed E-state index contributed by atoms with van der Waals surface area (Å²) in [5, 5.41) is 8.68. The van der Waals surface area contributed by atoms with Crippen molar-refractivity contribution in [3.63, 3.8) is 0 Å². The van der Waals surface area contributed by atoms with Crippen LogP contribution in [0, 0.1) is 0 Å². The lowest BCUT2D eigenvalue weighted by atomic mass is 10.2. The van der Waals surface area contributed by atoms with E-state index < -0.39 is 0 Å². The number of aliphatic hydroxyl groups is 1. The van der Waals surface area contributed by atoms with Crippen molar-refractivity contribution in [2.75, 3.05) is 12.3 Å². The number of aliphatic hydroxyl groups excluding tert-OH is 1. The lowest BCUT2D eigenvalue weighted by molar-refractivity contribution is 0.284. The van der Waals surface area contributed by atoms with Crippen LogP contribution in [0.3, 0.4) is 0 Å². The van der Waals surface area contributed by atoms with Crippen LogP contribution in [0.25, 0.3) is 11.0 Å². The summed E-state index contributed by atoms with van der Waals surface area (Å²) < 4.78 is 0. The number of nitrogens with one attached hydrogen (secondary N) is 1. The first-order valence-electron chi connectivity index (χ1n) is 5.15. The van der Waals surface area contributed by atoms with Crippen LogP contribution in [0.1, 0.15) is 18.7 Å². The molecule has 0 unspecified atom stereocenters. The molecule has 1 heterocycles. The first-order valence-corrected chi connectivity index (χ1v) is 5.15. The van der Waals surface area contributed by atoms with Gasteiger partial charge in [-0.15, -0.1) is 0 Å². The lowest BCUT2D eigenvalue weighted by Crippen LogP contribution is -1.90. The van der Waals surface area contributed by atoms with Gasteiger partial charge in [0.1, 0.15) is 11.3 Å². The molecule has 0 aliphatic carbocycles. The molecular formula is C11H15N3O. The van der Waals surface area contributed by atoms with Crippen molar-refractivity contribution in [2.45, 2.75) is 19.3 Å². The third kappa shape index (κ3) is 2.10. The Morgan fingerprint density at radius 1 is 1.33 bits per heavy atom. The molecule has 2 rings (SSSR count). The Hall–Kier alpha value is -1.55. The highest BCUT2D eigenvalue weighted by Crippen LogP contribution is 2.18. The number of nitrogen functional groups attached to an aromatic ring is 1. The van der Waals surface area contributed by atoms with E-state index in [1.54, 1.807) is 0 Å². The Bertz CT molecular complexity index is 450. The maximum Gasteiger partial charge on any atom is 0.111 e. The highest BCUT2D eigenvalue weighted by Gasteiger charge is 2.04. The maximum absolute atomic E-state index is 8.68. The SMILES string of the molecule is Nc1cccc2[nH]c(CCCCO)nc12. The van der Waals surface area contributed by atoms with Crippen LogP contribution >= 0.6 is 0 Å².